The molecule has 0 fully saturated rings. The van der Waals surface area contributed by atoms with E-state index in [1.165, 1.54) is 0 Å². The molecule has 1 atom stereocenters. The lowest BCUT2D eigenvalue weighted by Gasteiger charge is -2.11. The van der Waals surface area contributed by atoms with E-state index in [2.05, 4.69) is 4.72 Å². The Morgan fingerprint density at radius 2 is 1.77 bits per heavy atom. The average Bonchev–Trinajstić information content (AvgIpc) is 2.03. The van der Waals surface area contributed by atoms with Gasteiger partial charge in [0.15, 0.2) is 0 Å². The van der Waals surface area contributed by atoms with Gasteiger partial charge in [-0.25, -0.2) is 13.1 Å². The molecular formula is C9H13NO2S. The van der Waals surface area contributed by atoms with Gasteiger partial charge in [0, 0.05) is 6.04 Å². The number of nitrogens with one attached hydrogen (secondary N) is 1. The molecule has 0 spiro atoms. The minimum absolute atomic E-state index is 0.170. The molecule has 0 saturated carbocycles. The summed E-state index contributed by atoms with van der Waals surface area (Å²) in [6.45, 7) is 1.82. The normalized spacial score (nSPS) is 14.0. The van der Waals surface area contributed by atoms with Gasteiger partial charge in [-0.1, -0.05) is 30.3 Å². The van der Waals surface area contributed by atoms with Gasteiger partial charge >= 0.3 is 0 Å². The van der Waals surface area contributed by atoms with Crippen molar-refractivity contribution in [3.05, 3.63) is 35.9 Å². The second-order valence-corrected chi connectivity index (χ2v) is 4.80. The Morgan fingerprint density at radius 3 is 2.23 bits per heavy atom. The molecule has 0 amide bonds. The van der Waals surface area contributed by atoms with Crippen molar-refractivity contribution in [2.75, 3.05) is 6.26 Å². The maximum Gasteiger partial charge on any atom is 0.209 e. The second-order valence-electron chi connectivity index (χ2n) is 3.02. The zero-order valence-corrected chi connectivity index (χ0v) is 8.51. The van der Waals surface area contributed by atoms with Crippen LogP contribution in [0, 0.1) is 0 Å². The van der Waals surface area contributed by atoms with Crippen molar-refractivity contribution in [3.8, 4) is 0 Å². The van der Waals surface area contributed by atoms with Crippen LogP contribution in [0.5, 0.6) is 0 Å². The molecule has 1 rings (SSSR count). The third kappa shape index (κ3) is 3.57. The maximum absolute atomic E-state index is 10.9. The lowest BCUT2D eigenvalue weighted by atomic mass is 10.1. The van der Waals surface area contributed by atoms with Crippen LogP contribution in [-0.4, -0.2) is 14.7 Å². The maximum atomic E-state index is 10.9. The molecule has 3 nitrogen and oxygen atoms in total. The Balaban J connectivity index is 2.76. The minimum Gasteiger partial charge on any atom is -0.213 e. The molecule has 4 heteroatoms. The SMILES string of the molecule is CC(NS(C)(=O)=O)c1ccccc1. The van der Waals surface area contributed by atoms with Crippen LogP contribution in [0.15, 0.2) is 30.3 Å². The fourth-order valence-electron chi connectivity index (χ4n) is 1.13. The zero-order chi connectivity index (χ0) is 9.90. The van der Waals surface area contributed by atoms with Crippen molar-refractivity contribution in [1.29, 1.82) is 0 Å². The number of hydrogen-bond donors (Lipinski definition) is 1. The van der Waals surface area contributed by atoms with Crippen LogP contribution in [0.4, 0.5) is 0 Å². The Kier molecular flexibility index (Phi) is 3.06. The van der Waals surface area contributed by atoms with Gasteiger partial charge in [0.1, 0.15) is 0 Å². The molecule has 13 heavy (non-hydrogen) atoms. The predicted octanol–water partition coefficient (Wildman–Crippen LogP) is 1.30. The monoisotopic (exact) mass is 199 g/mol. The molecule has 1 aromatic rings. The molecule has 0 aliphatic carbocycles. The zero-order valence-electron chi connectivity index (χ0n) is 7.69. The molecule has 0 saturated heterocycles. The van der Waals surface area contributed by atoms with Crippen molar-refractivity contribution < 1.29 is 8.42 Å². The Morgan fingerprint density at radius 1 is 1.23 bits per heavy atom. The highest BCUT2D eigenvalue weighted by molar-refractivity contribution is 7.88. The molecule has 0 aliphatic heterocycles. The number of rotatable bonds is 3. The quantitative estimate of drug-likeness (QED) is 0.797. The third-order valence-electron chi connectivity index (χ3n) is 1.69. The Bertz CT molecular complexity index is 358. The molecular weight excluding hydrogens is 186 g/mol. The largest absolute Gasteiger partial charge is 0.213 e. The van der Waals surface area contributed by atoms with Gasteiger partial charge in [-0.05, 0) is 12.5 Å². The molecule has 1 aromatic carbocycles. The Labute approximate surface area is 78.8 Å². The number of hydrogen-bond acceptors (Lipinski definition) is 2. The van der Waals surface area contributed by atoms with E-state index in [1.807, 2.05) is 37.3 Å². The standard InChI is InChI=1S/C9H13NO2S/c1-8(10-13(2,11)12)9-6-4-3-5-7-9/h3-8,10H,1-2H3. The second kappa shape index (κ2) is 3.89. The summed E-state index contributed by atoms with van der Waals surface area (Å²) in [5.41, 5.74) is 0.966. The van der Waals surface area contributed by atoms with Gasteiger partial charge in [-0.2, -0.15) is 0 Å². The number of benzene rings is 1. The van der Waals surface area contributed by atoms with Crippen LogP contribution in [0.3, 0.4) is 0 Å². The van der Waals surface area contributed by atoms with Crippen LogP contribution in [-0.2, 0) is 10.0 Å². The highest BCUT2D eigenvalue weighted by Crippen LogP contribution is 2.11. The lowest BCUT2D eigenvalue weighted by molar-refractivity contribution is 0.573. The topological polar surface area (TPSA) is 46.2 Å². The van der Waals surface area contributed by atoms with Crippen molar-refractivity contribution in [3.63, 3.8) is 0 Å². The summed E-state index contributed by atoms with van der Waals surface area (Å²) in [6, 6.07) is 9.28. The molecule has 0 aromatic heterocycles. The molecule has 0 radical (unpaired) electrons. The van der Waals surface area contributed by atoms with Crippen LogP contribution in [0.25, 0.3) is 0 Å². The smallest absolute Gasteiger partial charge is 0.209 e. The van der Waals surface area contributed by atoms with Crippen LogP contribution < -0.4 is 4.72 Å². The predicted molar refractivity (Wildman–Crippen MR) is 52.8 cm³/mol. The van der Waals surface area contributed by atoms with E-state index in [0.717, 1.165) is 11.8 Å². The van der Waals surface area contributed by atoms with Crippen molar-refractivity contribution in [2.45, 2.75) is 13.0 Å². The van der Waals surface area contributed by atoms with E-state index in [-0.39, 0.29) is 6.04 Å². The first-order chi connectivity index (χ1) is 5.99. The first-order valence-corrected chi connectivity index (χ1v) is 5.90. The van der Waals surface area contributed by atoms with E-state index < -0.39 is 10.0 Å². The fraction of sp³-hybridized carbons (Fsp3) is 0.333. The third-order valence-corrected chi connectivity index (χ3v) is 2.47. The highest BCUT2D eigenvalue weighted by atomic mass is 32.2. The summed E-state index contributed by atoms with van der Waals surface area (Å²) in [7, 11) is -3.12. The van der Waals surface area contributed by atoms with Crippen molar-refractivity contribution >= 4 is 10.0 Å². The minimum atomic E-state index is -3.12. The van der Waals surface area contributed by atoms with E-state index >= 15 is 0 Å². The number of sulfonamides is 1. The van der Waals surface area contributed by atoms with E-state index in [9.17, 15) is 8.42 Å². The summed E-state index contributed by atoms with van der Waals surface area (Å²) in [5, 5.41) is 0. The van der Waals surface area contributed by atoms with Gasteiger partial charge in [-0.3, -0.25) is 0 Å². The molecule has 0 bridgehead atoms. The van der Waals surface area contributed by atoms with Gasteiger partial charge in [0.05, 0.1) is 6.26 Å². The summed E-state index contributed by atoms with van der Waals surface area (Å²) < 4.78 is 24.3. The van der Waals surface area contributed by atoms with Crippen LogP contribution >= 0.6 is 0 Å². The molecule has 72 valence electrons. The summed E-state index contributed by atoms with van der Waals surface area (Å²) >= 11 is 0. The lowest BCUT2D eigenvalue weighted by Crippen LogP contribution is -2.25. The molecule has 1 N–H and O–H groups in total. The van der Waals surface area contributed by atoms with Gasteiger partial charge in [0.25, 0.3) is 0 Å². The molecule has 0 heterocycles. The highest BCUT2D eigenvalue weighted by Gasteiger charge is 2.09. The first-order valence-electron chi connectivity index (χ1n) is 4.01. The van der Waals surface area contributed by atoms with Crippen LogP contribution in [0.1, 0.15) is 18.5 Å². The first kappa shape index (κ1) is 10.2. The summed E-state index contributed by atoms with van der Waals surface area (Å²) in [5.74, 6) is 0. The Hall–Kier alpha value is -0.870. The van der Waals surface area contributed by atoms with Crippen LogP contribution in [0.2, 0.25) is 0 Å². The van der Waals surface area contributed by atoms with Gasteiger partial charge in [-0.15, -0.1) is 0 Å². The van der Waals surface area contributed by atoms with E-state index in [1.54, 1.807) is 0 Å². The average molecular weight is 199 g/mol. The van der Waals surface area contributed by atoms with E-state index in [0.29, 0.717) is 0 Å². The van der Waals surface area contributed by atoms with Gasteiger partial charge < -0.3 is 0 Å². The van der Waals surface area contributed by atoms with Crippen molar-refractivity contribution in [1.82, 2.24) is 4.72 Å². The molecule has 0 aliphatic rings. The fourth-order valence-corrected chi connectivity index (χ4v) is 1.91. The molecule has 1 unspecified atom stereocenters. The van der Waals surface area contributed by atoms with E-state index in [4.69, 9.17) is 0 Å². The van der Waals surface area contributed by atoms with Crippen molar-refractivity contribution in [2.24, 2.45) is 0 Å². The summed E-state index contributed by atoms with van der Waals surface area (Å²) in [4.78, 5) is 0. The summed E-state index contributed by atoms with van der Waals surface area (Å²) in [6.07, 6.45) is 1.16. The van der Waals surface area contributed by atoms with Gasteiger partial charge in [0.2, 0.25) is 10.0 Å².